The summed E-state index contributed by atoms with van der Waals surface area (Å²) in [6.45, 7) is 7.27. The Morgan fingerprint density at radius 1 is 1.22 bits per heavy atom. The Bertz CT molecular complexity index is 1070. The van der Waals surface area contributed by atoms with E-state index in [4.69, 9.17) is 14.6 Å². The molecule has 0 amide bonds. The number of carboxylic acid groups (broad SMARTS) is 1. The number of piperidine rings is 1. The van der Waals surface area contributed by atoms with Crippen LogP contribution in [0.15, 0.2) is 41.5 Å². The van der Waals surface area contributed by atoms with Crippen molar-refractivity contribution in [1.82, 2.24) is 4.90 Å². The molecule has 2 aliphatic carbocycles. The number of carbonyl (C=O) groups is 3. The molecule has 1 aromatic rings. The van der Waals surface area contributed by atoms with Crippen LogP contribution in [0, 0.1) is 11.3 Å². The number of ether oxygens (including phenoxy) is 2. The summed E-state index contributed by atoms with van der Waals surface area (Å²) in [5.41, 5.74) is -0.131. The molecule has 36 heavy (non-hydrogen) atoms. The first kappa shape index (κ1) is 26.5. The highest BCUT2D eigenvalue weighted by atomic mass is 16.6. The van der Waals surface area contributed by atoms with Gasteiger partial charge in [0.15, 0.2) is 11.9 Å². The third-order valence-electron chi connectivity index (χ3n) is 8.60. The monoisotopic (exact) mass is 501 g/mol. The summed E-state index contributed by atoms with van der Waals surface area (Å²) in [7, 11) is 0. The molecule has 0 spiro atoms. The van der Waals surface area contributed by atoms with Crippen LogP contribution in [0.2, 0.25) is 0 Å². The maximum atomic E-state index is 13.8. The minimum Gasteiger partial charge on any atom is -0.478 e. The minimum atomic E-state index is -1.14. The average molecular weight is 502 g/mol. The van der Waals surface area contributed by atoms with Gasteiger partial charge in [-0.3, -0.25) is 14.5 Å². The van der Waals surface area contributed by atoms with Gasteiger partial charge < -0.3 is 24.8 Å². The van der Waals surface area contributed by atoms with Crippen molar-refractivity contribution in [3.63, 3.8) is 0 Å². The van der Waals surface area contributed by atoms with Crippen LogP contribution in [0.4, 0.5) is 0 Å². The molecule has 2 saturated heterocycles. The predicted octanol–water partition coefficient (Wildman–Crippen LogP) is 2.51. The van der Waals surface area contributed by atoms with Gasteiger partial charge in [0.25, 0.3) is 0 Å². The van der Waals surface area contributed by atoms with E-state index in [0.717, 1.165) is 5.57 Å². The molecular formula is C27H35NO8. The zero-order valence-electron chi connectivity index (χ0n) is 21.1. The average Bonchev–Trinajstić information content (AvgIpc) is 2.82. The lowest BCUT2D eigenvalue weighted by Crippen LogP contribution is -2.73. The standard InChI is InChI=1S/C20H29NO6.C7H6O2/c1-10-5-6-20(25)8-13-19(4,14(23)7-15-21(13)9-26-15)18(24)17(27-12(3)22)16(10)11(20)2;8-7(9)6-4-2-1-3-5-6/h11,13-15,17,23,25H,5-9H2,1-4H3;1-5H,(H,8,9)/t11-,13?,14+,15-,17-,19+,20-;/m1./s1. The number of Topliss-reactive ketones (excluding diaryl/α,β-unsaturated/α-hetero) is 1. The summed E-state index contributed by atoms with van der Waals surface area (Å²) in [5.74, 6) is -1.99. The molecule has 7 atom stereocenters. The Kier molecular flexibility index (Phi) is 7.13. The first-order chi connectivity index (χ1) is 16.9. The number of allylic oxidation sites excluding steroid dienone is 1. The van der Waals surface area contributed by atoms with E-state index in [2.05, 4.69) is 4.90 Å². The molecule has 1 unspecified atom stereocenters. The van der Waals surface area contributed by atoms with Gasteiger partial charge in [0.05, 0.1) is 22.7 Å². The normalized spacial score (nSPS) is 37.7. The Morgan fingerprint density at radius 3 is 2.42 bits per heavy atom. The predicted molar refractivity (Wildman–Crippen MR) is 129 cm³/mol. The van der Waals surface area contributed by atoms with Crippen LogP contribution >= 0.6 is 0 Å². The van der Waals surface area contributed by atoms with Crippen LogP contribution in [-0.2, 0) is 19.1 Å². The molecule has 9 nitrogen and oxygen atoms in total. The number of esters is 1. The Morgan fingerprint density at radius 2 is 1.89 bits per heavy atom. The second-order valence-electron chi connectivity index (χ2n) is 10.6. The molecule has 3 N–H and O–H groups in total. The number of nitrogens with zero attached hydrogens (tertiary/aromatic N) is 1. The van der Waals surface area contributed by atoms with Crippen molar-refractivity contribution in [3.8, 4) is 0 Å². The van der Waals surface area contributed by atoms with Crippen molar-refractivity contribution in [2.45, 2.75) is 83.5 Å². The molecule has 4 aliphatic rings. The van der Waals surface area contributed by atoms with Crippen LogP contribution in [-0.4, -0.2) is 74.8 Å². The third-order valence-corrected chi connectivity index (χ3v) is 8.60. The van der Waals surface area contributed by atoms with E-state index < -0.39 is 35.2 Å². The summed E-state index contributed by atoms with van der Waals surface area (Å²) in [6, 6.07) is 7.93. The fraction of sp³-hybridized carbons (Fsp3) is 0.593. The van der Waals surface area contributed by atoms with Gasteiger partial charge in [0, 0.05) is 25.3 Å². The van der Waals surface area contributed by atoms with Crippen molar-refractivity contribution >= 4 is 17.7 Å². The number of hydrogen-bond donors (Lipinski definition) is 3. The zero-order valence-corrected chi connectivity index (χ0v) is 21.1. The van der Waals surface area contributed by atoms with Crippen molar-refractivity contribution in [1.29, 1.82) is 0 Å². The van der Waals surface area contributed by atoms with Gasteiger partial charge >= 0.3 is 11.9 Å². The molecule has 2 bridgehead atoms. The molecule has 5 rings (SSSR count). The lowest BCUT2D eigenvalue weighted by molar-refractivity contribution is -0.301. The van der Waals surface area contributed by atoms with Crippen LogP contribution in [0.3, 0.4) is 0 Å². The Labute approximate surface area is 210 Å². The molecule has 0 radical (unpaired) electrons. The van der Waals surface area contributed by atoms with Crippen molar-refractivity contribution in [3.05, 3.63) is 47.0 Å². The van der Waals surface area contributed by atoms with Crippen molar-refractivity contribution < 1.29 is 39.2 Å². The first-order valence-electron chi connectivity index (χ1n) is 12.4. The van der Waals surface area contributed by atoms with E-state index in [1.807, 2.05) is 13.8 Å². The van der Waals surface area contributed by atoms with Gasteiger partial charge in [0.2, 0.25) is 0 Å². The van der Waals surface area contributed by atoms with Gasteiger partial charge in [0.1, 0.15) is 13.0 Å². The SMILES string of the molecule is CC(=O)O[C@H]1C(=O)[C@@]2(C)C(C[C@]3(O)CCC(C)=C1[C@H]3C)N1CO[C@@H]1C[C@@H]2O.O=C(O)c1ccccc1. The fourth-order valence-electron chi connectivity index (χ4n) is 6.20. The van der Waals surface area contributed by atoms with E-state index >= 15 is 0 Å². The minimum absolute atomic E-state index is 0.225. The summed E-state index contributed by atoms with van der Waals surface area (Å²) in [5, 5.41) is 30.9. The van der Waals surface area contributed by atoms with Gasteiger partial charge in [-0.15, -0.1) is 0 Å². The summed E-state index contributed by atoms with van der Waals surface area (Å²) in [6.07, 6.45) is -0.246. The largest absolute Gasteiger partial charge is 0.478 e. The number of aromatic carboxylic acids is 1. The number of carbonyl (C=O) groups excluding carboxylic acids is 2. The third kappa shape index (κ3) is 4.38. The molecule has 0 aromatic heterocycles. The highest BCUT2D eigenvalue weighted by Gasteiger charge is 2.64. The molecular weight excluding hydrogens is 466 g/mol. The maximum Gasteiger partial charge on any atom is 0.335 e. The lowest BCUT2D eigenvalue weighted by atomic mass is 9.57. The number of aliphatic hydroxyl groups excluding tert-OH is 1. The van der Waals surface area contributed by atoms with E-state index in [1.54, 1.807) is 37.3 Å². The number of rotatable bonds is 2. The molecule has 196 valence electrons. The number of carboxylic acids is 1. The molecule has 9 heteroatoms. The molecule has 2 heterocycles. The van der Waals surface area contributed by atoms with E-state index in [0.29, 0.717) is 43.6 Å². The molecule has 3 fully saturated rings. The van der Waals surface area contributed by atoms with Gasteiger partial charge in [-0.25, -0.2) is 4.79 Å². The van der Waals surface area contributed by atoms with Crippen molar-refractivity contribution in [2.24, 2.45) is 11.3 Å². The molecule has 1 aromatic carbocycles. The summed E-state index contributed by atoms with van der Waals surface area (Å²) in [4.78, 5) is 37.8. The number of fused-ring (bicyclic) bond motifs is 5. The number of hydrogen-bond acceptors (Lipinski definition) is 8. The highest BCUT2D eigenvalue weighted by molar-refractivity contribution is 5.94. The first-order valence-corrected chi connectivity index (χ1v) is 12.4. The van der Waals surface area contributed by atoms with Crippen LogP contribution in [0.1, 0.15) is 63.7 Å². The van der Waals surface area contributed by atoms with E-state index in [9.17, 15) is 24.6 Å². The fourth-order valence-corrected chi connectivity index (χ4v) is 6.20. The van der Waals surface area contributed by atoms with Crippen LogP contribution in [0.5, 0.6) is 0 Å². The molecule has 1 saturated carbocycles. The van der Waals surface area contributed by atoms with E-state index in [-0.39, 0.29) is 24.0 Å². The second-order valence-corrected chi connectivity index (χ2v) is 10.6. The summed E-state index contributed by atoms with van der Waals surface area (Å²) < 4.78 is 11.1. The quantitative estimate of drug-likeness (QED) is 0.413. The summed E-state index contributed by atoms with van der Waals surface area (Å²) >= 11 is 0. The van der Waals surface area contributed by atoms with E-state index in [1.165, 1.54) is 6.92 Å². The van der Waals surface area contributed by atoms with Crippen LogP contribution < -0.4 is 0 Å². The van der Waals surface area contributed by atoms with Gasteiger partial charge in [-0.2, -0.15) is 0 Å². The van der Waals surface area contributed by atoms with Gasteiger partial charge in [-0.05, 0) is 50.8 Å². The lowest BCUT2D eigenvalue weighted by Gasteiger charge is -2.61. The smallest absolute Gasteiger partial charge is 0.335 e. The molecule has 2 aliphatic heterocycles. The number of ketones is 1. The second kappa shape index (κ2) is 9.70. The van der Waals surface area contributed by atoms with Crippen LogP contribution in [0.25, 0.3) is 0 Å². The van der Waals surface area contributed by atoms with Gasteiger partial charge in [-0.1, -0.05) is 30.7 Å². The maximum absolute atomic E-state index is 13.8. The number of benzene rings is 1. The zero-order chi connectivity index (χ0) is 26.4. The topological polar surface area (TPSA) is 134 Å². The Hall–Kier alpha value is -2.59. The number of aliphatic hydroxyl groups is 2. The van der Waals surface area contributed by atoms with Crippen molar-refractivity contribution in [2.75, 3.05) is 6.73 Å². The highest BCUT2D eigenvalue weighted by Crippen LogP contribution is 2.53. The Balaban J connectivity index is 0.000000286.